The third kappa shape index (κ3) is 8.60. The Morgan fingerprint density at radius 2 is 1.63 bits per heavy atom. The molecule has 0 amide bonds. The summed E-state index contributed by atoms with van der Waals surface area (Å²) in [7, 11) is -1.40. The van der Waals surface area contributed by atoms with E-state index in [4.69, 9.17) is 0 Å². The van der Waals surface area contributed by atoms with E-state index in [1.54, 1.807) is 11.4 Å². The van der Waals surface area contributed by atoms with Crippen molar-refractivity contribution in [2.45, 2.75) is 66.0 Å². The van der Waals surface area contributed by atoms with Crippen molar-refractivity contribution < 1.29 is 8.42 Å². The number of hydrogen-bond donors (Lipinski definition) is 1. The van der Waals surface area contributed by atoms with Crippen LogP contribution in [0.4, 0.5) is 0 Å². The van der Waals surface area contributed by atoms with Crippen LogP contribution >= 0.6 is 0 Å². The van der Waals surface area contributed by atoms with Crippen LogP contribution in [0.25, 0.3) is 0 Å². The molecule has 0 aromatic rings. The molecule has 0 rings (SSSR count). The second-order valence-electron chi connectivity index (χ2n) is 6.13. The summed E-state index contributed by atoms with van der Waals surface area (Å²) < 4.78 is 25.9. The molecule has 0 aliphatic carbocycles. The maximum absolute atomic E-state index is 12.2. The summed E-state index contributed by atoms with van der Waals surface area (Å²) in [6.07, 6.45) is 2.54. The highest BCUT2D eigenvalue weighted by Crippen LogP contribution is 2.14. The van der Waals surface area contributed by atoms with E-state index < -0.39 is 10.0 Å². The van der Waals surface area contributed by atoms with Gasteiger partial charge in [-0.05, 0) is 38.6 Å². The molecule has 0 radical (unpaired) electrons. The average Bonchev–Trinajstić information content (AvgIpc) is 2.25. The Hall–Kier alpha value is -0.130. The summed E-state index contributed by atoms with van der Waals surface area (Å²) in [6, 6.07) is 0.545. The molecular formula is C14H32N2O2S. The Morgan fingerprint density at radius 3 is 2.11 bits per heavy atom. The first-order valence-electron chi connectivity index (χ1n) is 7.36. The van der Waals surface area contributed by atoms with E-state index >= 15 is 0 Å². The quantitative estimate of drug-likeness (QED) is 0.629. The van der Waals surface area contributed by atoms with Gasteiger partial charge in [0, 0.05) is 19.1 Å². The first kappa shape index (κ1) is 18.9. The number of unbranched alkanes of at least 4 members (excludes halogenated alkanes) is 1. The molecule has 19 heavy (non-hydrogen) atoms. The SMILES string of the molecule is CC(C)CC(C)N(C)S(=O)(=O)CCCCNC(C)C. The zero-order valence-corrected chi connectivity index (χ0v) is 14.3. The lowest BCUT2D eigenvalue weighted by atomic mass is 10.1. The van der Waals surface area contributed by atoms with Crippen LogP contribution in [0.2, 0.25) is 0 Å². The van der Waals surface area contributed by atoms with Crippen LogP contribution in [-0.4, -0.2) is 44.2 Å². The Bertz CT molecular complexity index is 326. The van der Waals surface area contributed by atoms with Crippen molar-refractivity contribution in [2.24, 2.45) is 5.92 Å². The fourth-order valence-electron chi connectivity index (χ4n) is 2.05. The van der Waals surface area contributed by atoms with Gasteiger partial charge in [0.2, 0.25) is 10.0 Å². The molecule has 116 valence electrons. The third-order valence-corrected chi connectivity index (χ3v) is 5.30. The minimum absolute atomic E-state index is 0.0822. The highest BCUT2D eigenvalue weighted by Gasteiger charge is 2.23. The smallest absolute Gasteiger partial charge is 0.214 e. The van der Waals surface area contributed by atoms with Crippen LogP contribution in [-0.2, 0) is 10.0 Å². The van der Waals surface area contributed by atoms with Gasteiger partial charge < -0.3 is 5.32 Å². The molecule has 0 fully saturated rings. The molecule has 0 saturated heterocycles. The normalized spacial score (nSPS) is 14.6. The maximum Gasteiger partial charge on any atom is 0.214 e. The number of rotatable bonds is 10. The van der Waals surface area contributed by atoms with Crippen LogP contribution in [0.15, 0.2) is 0 Å². The van der Waals surface area contributed by atoms with Crippen molar-refractivity contribution >= 4 is 10.0 Å². The zero-order valence-electron chi connectivity index (χ0n) is 13.4. The topological polar surface area (TPSA) is 49.4 Å². The van der Waals surface area contributed by atoms with E-state index in [9.17, 15) is 8.42 Å². The van der Waals surface area contributed by atoms with Gasteiger partial charge in [0.15, 0.2) is 0 Å². The first-order chi connectivity index (χ1) is 8.66. The molecular weight excluding hydrogens is 260 g/mol. The lowest BCUT2D eigenvalue weighted by molar-refractivity contribution is 0.337. The lowest BCUT2D eigenvalue weighted by Gasteiger charge is -2.25. The standard InChI is InChI=1S/C14H32N2O2S/c1-12(2)11-14(5)16(6)19(17,18)10-8-7-9-15-13(3)4/h12-15H,7-11H2,1-6H3. The van der Waals surface area contributed by atoms with Gasteiger partial charge in [-0.1, -0.05) is 27.7 Å². The third-order valence-electron chi connectivity index (χ3n) is 3.25. The number of nitrogens with zero attached hydrogens (tertiary/aromatic N) is 1. The molecule has 0 spiro atoms. The molecule has 0 aliphatic heterocycles. The van der Waals surface area contributed by atoms with Crippen molar-refractivity contribution in [3.05, 3.63) is 0 Å². The van der Waals surface area contributed by atoms with Crippen LogP contribution < -0.4 is 5.32 Å². The summed E-state index contributed by atoms with van der Waals surface area (Å²) in [6.45, 7) is 11.3. The zero-order chi connectivity index (χ0) is 15.1. The van der Waals surface area contributed by atoms with Crippen LogP contribution in [0, 0.1) is 5.92 Å². The van der Waals surface area contributed by atoms with Gasteiger partial charge in [-0.25, -0.2) is 12.7 Å². The average molecular weight is 292 g/mol. The van der Waals surface area contributed by atoms with E-state index in [0.717, 1.165) is 25.8 Å². The van der Waals surface area contributed by atoms with E-state index in [-0.39, 0.29) is 11.8 Å². The van der Waals surface area contributed by atoms with Gasteiger partial charge >= 0.3 is 0 Å². The fourth-order valence-corrected chi connectivity index (χ4v) is 3.54. The van der Waals surface area contributed by atoms with Gasteiger partial charge in [0.25, 0.3) is 0 Å². The highest BCUT2D eigenvalue weighted by molar-refractivity contribution is 7.89. The fraction of sp³-hybridized carbons (Fsp3) is 1.00. The van der Waals surface area contributed by atoms with Crippen molar-refractivity contribution in [1.82, 2.24) is 9.62 Å². The molecule has 0 aromatic heterocycles. The monoisotopic (exact) mass is 292 g/mol. The van der Waals surface area contributed by atoms with Gasteiger partial charge in [0.1, 0.15) is 0 Å². The van der Waals surface area contributed by atoms with E-state index in [2.05, 4.69) is 33.0 Å². The summed E-state index contributed by atoms with van der Waals surface area (Å²) in [5.74, 6) is 0.772. The second-order valence-corrected chi connectivity index (χ2v) is 8.27. The molecule has 0 saturated carbocycles. The maximum atomic E-state index is 12.2. The summed E-state index contributed by atoms with van der Waals surface area (Å²) in [5.41, 5.74) is 0. The first-order valence-corrected chi connectivity index (χ1v) is 8.96. The number of hydrogen-bond acceptors (Lipinski definition) is 3. The summed E-state index contributed by atoms with van der Waals surface area (Å²) in [4.78, 5) is 0. The van der Waals surface area contributed by atoms with Gasteiger partial charge in [0.05, 0.1) is 5.75 Å². The minimum Gasteiger partial charge on any atom is -0.315 e. The second kappa shape index (κ2) is 8.93. The van der Waals surface area contributed by atoms with Crippen molar-refractivity contribution in [1.29, 1.82) is 0 Å². The van der Waals surface area contributed by atoms with Crippen molar-refractivity contribution in [3.8, 4) is 0 Å². The Labute approximate surface area is 120 Å². The molecule has 0 bridgehead atoms. The summed E-state index contributed by atoms with van der Waals surface area (Å²) >= 11 is 0. The molecule has 0 aromatic carbocycles. The molecule has 1 atom stereocenters. The predicted molar refractivity (Wildman–Crippen MR) is 82.8 cm³/mol. The highest BCUT2D eigenvalue weighted by atomic mass is 32.2. The van der Waals surface area contributed by atoms with Crippen molar-refractivity contribution in [2.75, 3.05) is 19.3 Å². The van der Waals surface area contributed by atoms with Crippen LogP contribution in [0.5, 0.6) is 0 Å². The Balaban J connectivity index is 4.09. The van der Waals surface area contributed by atoms with Crippen molar-refractivity contribution in [3.63, 3.8) is 0 Å². The molecule has 0 aliphatic rings. The van der Waals surface area contributed by atoms with E-state index in [1.807, 2.05) is 6.92 Å². The Morgan fingerprint density at radius 1 is 1.05 bits per heavy atom. The number of nitrogens with one attached hydrogen (secondary N) is 1. The van der Waals surface area contributed by atoms with Crippen LogP contribution in [0.3, 0.4) is 0 Å². The largest absolute Gasteiger partial charge is 0.315 e. The van der Waals surface area contributed by atoms with Gasteiger partial charge in [-0.15, -0.1) is 0 Å². The Kier molecular flexibility index (Phi) is 8.86. The van der Waals surface area contributed by atoms with E-state index in [1.165, 1.54) is 0 Å². The molecule has 1 unspecified atom stereocenters. The minimum atomic E-state index is -3.10. The molecule has 0 heterocycles. The van der Waals surface area contributed by atoms with Crippen LogP contribution in [0.1, 0.15) is 53.9 Å². The van der Waals surface area contributed by atoms with Gasteiger partial charge in [-0.3, -0.25) is 0 Å². The summed E-state index contributed by atoms with van der Waals surface area (Å²) in [5, 5.41) is 3.30. The lowest BCUT2D eigenvalue weighted by Crippen LogP contribution is -2.37. The number of sulfonamides is 1. The molecule has 4 nitrogen and oxygen atoms in total. The molecule has 1 N–H and O–H groups in total. The van der Waals surface area contributed by atoms with E-state index in [0.29, 0.717) is 12.0 Å². The molecule has 5 heteroatoms. The predicted octanol–water partition coefficient (Wildman–Crippen LogP) is 2.46. The van der Waals surface area contributed by atoms with Gasteiger partial charge in [-0.2, -0.15) is 0 Å².